The van der Waals surface area contributed by atoms with Gasteiger partial charge < -0.3 is 10.0 Å². The van der Waals surface area contributed by atoms with E-state index in [-0.39, 0.29) is 18.4 Å². The number of nitrogens with zero attached hydrogens (tertiary/aromatic N) is 1. The Morgan fingerprint density at radius 3 is 3.11 bits per heavy atom. The van der Waals surface area contributed by atoms with Crippen molar-refractivity contribution in [2.75, 3.05) is 19.7 Å². The fourth-order valence-corrected chi connectivity index (χ4v) is 3.75. The molecule has 1 atom stereocenters. The van der Waals surface area contributed by atoms with Gasteiger partial charge in [-0.2, -0.15) is 0 Å². The Labute approximate surface area is 119 Å². The highest BCUT2D eigenvalue weighted by atomic mass is 32.1. The van der Waals surface area contributed by atoms with Crippen LogP contribution >= 0.6 is 11.3 Å². The quantitative estimate of drug-likeness (QED) is 0.871. The highest BCUT2D eigenvalue weighted by Gasteiger charge is 2.30. The monoisotopic (exact) mass is 281 g/mol. The van der Waals surface area contributed by atoms with E-state index in [2.05, 4.69) is 18.4 Å². The molecule has 4 heteroatoms. The zero-order valence-electron chi connectivity index (χ0n) is 11.6. The van der Waals surface area contributed by atoms with E-state index in [1.165, 1.54) is 10.4 Å². The number of amides is 1. The highest BCUT2D eigenvalue weighted by molar-refractivity contribution is 7.10. The molecule has 1 amide bonds. The number of aryl methyl sites for hydroxylation is 1. The second-order valence-electron chi connectivity index (χ2n) is 5.15. The van der Waals surface area contributed by atoms with Gasteiger partial charge in [-0.3, -0.25) is 4.79 Å². The summed E-state index contributed by atoms with van der Waals surface area (Å²) in [5.41, 5.74) is 1.24. The first kappa shape index (κ1) is 14.5. The molecular weight excluding hydrogens is 258 g/mol. The van der Waals surface area contributed by atoms with Gasteiger partial charge in [0.25, 0.3) is 0 Å². The van der Waals surface area contributed by atoms with Crippen LogP contribution in [0.4, 0.5) is 0 Å². The molecule has 3 nitrogen and oxygen atoms in total. The molecule has 1 aromatic heterocycles. The Morgan fingerprint density at radius 1 is 1.53 bits per heavy atom. The normalized spacial score (nSPS) is 18.1. The summed E-state index contributed by atoms with van der Waals surface area (Å²) in [5, 5.41) is 11.2. The van der Waals surface area contributed by atoms with Gasteiger partial charge in [-0.25, -0.2) is 0 Å². The number of fused-ring (bicyclic) bond motifs is 1. The number of aliphatic hydroxyl groups excluding tert-OH is 1. The van der Waals surface area contributed by atoms with Crippen LogP contribution in [0.5, 0.6) is 0 Å². The third-order valence-corrected chi connectivity index (χ3v) is 4.81. The summed E-state index contributed by atoms with van der Waals surface area (Å²) in [4.78, 5) is 15.9. The van der Waals surface area contributed by atoms with Crippen molar-refractivity contribution in [1.29, 1.82) is 0 Å². The summed E-state index contributed by atoms with van der Waals surface area (Å²) in [5.74, 6) is 0.236. The number of carbonyl (C=O) groups is 1. The van der Waals surface area contributed by atoms with Gasteiger partial charge in [0, 0.05) is 18.0 Å². The number of unbranched alkanes of at least 4 members (excludes halogenated alkanes) is 1. The maximum atomic E-state index is 12.7. The molecule has 0 aromatic carbocycles. The highest BCUT2D eigenvalue weighted by Crippen LogP contribution is 2.36. The van der Waals surface area contributed by atoms with Crippen molar-refractivity contribution in [2.24, 2.45) is 0 Å². The maximum Gasteiger partial charge on any atom is 0.230 e. The molecule has 0 aliphatic heterocycles. The van der Waals surface area contributed by atoms with Crippen LogP contribution in [0.3, 0.4) is 0 Å². The van der Waals surface area contributed by atoms with Gasteiger partial charge in [0.2, 0.25) is 5.91 Å². The van der Waals surface area contributed by atoms with Gasteiger partial charge in [0.1, 0.15) is 0 Å². The first-order valence-corrected chi connectivity index (χ1v) is 8.11. The fraction of sp³-hybridized carbons (Fsp3) is 0.667. The Kier molecular flexibility index (Phi) is 5.40. The van der Waals surface area contributed by atoms with E-state index < -0.39 is 0 Å². The van der Waals surface area contributed by atoms with Crippen molar-refractivity contribution in [3.63, 3.8) is 0 Å². The summed E-state index contributed by atoms with van der Waals surface area (Å²) in [7, 11) is 0. The largest absolute Gasteiger partial charge is 0.395 e. The molecule has 19 heavy (non-hydrogen) atoms. The van der Waals surface area contributed by atoms with Crippen LogP contribution in [0.1, 0.15) is 49.0 Å². The smallest absolute Gasteiger partial charge is 0.230 e. The summed E-state index contributed by atoms with van der Waals surface area (Å²) in [6.07, 6.45) is 5.26. The zero-order valence-corrected chi connectivity index (χ0v) is 12.4. The molecule has 1 aromatic rings. The molecule has 1 unspecified atom stereocenters. The molecule has 0 fully saturated rings. The number of hydrogen-bond donors (Lipinski definition) is 1. The Balaban J connectivity index is 2.09. The predicted molar refractivity (Wildman–Crippen MR) is 78.6 cm³/mol. The van der Waals surface area contributed by atoms with Gasteiger partial charge >= 0.3 is 0 Å². The van der Waals surface area contributed by atoms with Crippen LogP contribution in [-0.2, 0) is 11.2 Å². The van der Waals surface area contributed by atoms with Crippen molar-refractivity contribution in [3.8, 4) is 0 Å². The second kappa shape index (κ2) is 7.06. The fourth-order valence-electron chi connectivity index (χ4n) is 2.77. The van der Waals surface area contributed by atoms with E-state index in [0.717, 1.165) is 38.6 Å². The summed E-state index contributed by atoms with van der Waals surface area (Å²) >= 11 is 1.77. The Morgan fingerprint density at radius 2 is 2.37 bits per heavy atom. The third-order valence-electron chi connectivity index (χ3n) is 3.81. The molecule has 0 spiro atoms. The van der Waals surface area contributed by atoms with Crippen LogP contribution in [-0.4, -0.2) is 35.6 Å². The van der Waals surface area contributed by atoms with E-state index in [0.29, 0.717) is 6.54 Å². The zero-order chi connectivity index (χ0) is 13.7. The maximum absolute atomic E-state index is 12.7. The number of thiophene rings is 1. The van der Waals surface area contributed by atoms with Crippen molar-refractivity contribution in [1.82, 2.24) is 4.90 Å². The van der Waals surface area contributed by atoms with Gasteiger partial charge in [0.05, 0.1) is 12.5 Å². The topological polar surface area (TPSA) is 40.5 Å². The molecule has 1 N–H and O–H groups in total. The van der Waals surface area contributed by atoms with Crippen molar-refractivity contribution in [3.05, 3.63) is 21.9 Å². The molecule has 2 rings (SSSR count). The molecule has 0 saturated heterocycles. The summed E-state index contributed by atoms with van der Waals surface area (Å²) in [6.45, 7) is 3.42. The second-order valence-corrected chi connectivity index (χ2v) is 6.15. The van der Waals surface area contributed by atoms with Crippen LogP contribution in [0, 0.1) is 0 Å². The van der Waals surface area contributed by atoms with Gasteiger partial charge in [-0.15, -0.1) is 11.3 Å². The molecule has 0 radical (unpaired) electrons. The van der Waals surface area contributed by atoms with Gasteiger partial charge in [0.15, 0.2) is 0 Å². The van der Waals surface area contributed by atoms with Crippen molar-refractivity contribution in [2.45, 2.75) is 44.9 Å². The van der Waals surface area contributed by atoms with E-state index in [1.54, 1.807) is 11.3 Å². The van der Waals surface area contributed by atoms with Crippen LogP contribution in [0.15, 0.2) is 11.4 Å². The van der Waals surface area contributed by atoms with Gasteiger partial charge in [-0.1, -0.05) is 13.3 Å². The predicted octanol–water partition coefficient (Wildman–Crippen LogP) is 2.79. The Bertz CT molecular complexity index is 416. The van der Waals surface area contributed by atoms with Crippen molar-refractivity contribution < 1.29 is 9.90 Å². The number of hydrogen-bond acceptors (Lipinski definition) is 3. The first-order chi connectivity index (χ1) is 9.27. The van der Waals surface area contributed by atoms with Crippen molar-refractivity contribution >= 4 is 17.2 Å². The summed E-state index contributed by atoms with van der Waals surface area (Å²) < 4.78 is 0. The molecule has 0 saturated carbocycles. The lowest BCUT2D eigenvalue weighted by molar-refractivity contribution is -0.133. The molecule has 1 aliphatic carbocycles. The SMILES string of the molecule is CCCCN(CCO)C(=O)C1CCCc2sccc21. The van der Waals surface area contributed by atoms with E-state index in [1.807, 2.05) is 4.90 Å². The average Bonchev–Trinajstić information content (AvgIpc) is 2.91. The van der Waals surface area contributed by atoms with E-state index in [4.69, 9.17) is 5.11 Å². The average molecular weight is 281 g/mol. The summed E-state index contributed by atoms with van der Waals surface area (Å²) in [6, 6.07) is 2.11. The van der Waals surface area contributed by atoms with Gasteiger partial charge in [-0.05, 0) is 42.7 Å². The van der Waals surface area contributed by atoms with E-state index in [9.17, 15) is 4.79 Å². The van der Waals surface area contributed by atoms with Crippen LogP contribution < -0.4 is 0 Å². The molecule has 0 bridgehead atoms. The minimum Gasteiger partial charge on any atom is -0.395 e. The molecule has 1 heterocycles. The molecule has 1 aliphatic rings. The van der Waals surface area contributed by atoms with Crippen LogP contribution in [0.25, 0.3) is 0 Å². The standard InChI is InChI=1S/C15H23NO2S/c1-2-3-8-16(9-10-17)15(18)13-5-4-6-14-12(13)7-11-19-14/h7,11,13,17H,2-6,8-10H2,1H3. The lowest BCUT2D eigenvalue weighted by atomic mass is 9.86. The first-order valence-electron chi connectivity index (χ1n) is 7.23. The third kappa shape index (κ3) is 3.37. The Hall–Kier alpha value is -0.870. The minimum absolute atomic E-state index is 0.0263. The van der Waals surface area contributed by atoms with E-state index >= 15 is 0 Å². The number of rotatable bonds is 6. The lowest BCUT2D eigenvalue weighted by Gasteiger charge is -2.29. The minimum atomic E-state index is 0.0263. The van der Waals surface area contributed by atoms with Crippen LogP contribution in [0.2, 0.25) is 0 Å². The lowest BCUT2D eigenvalue weighted by Crippen LogP contribution is -2.38. The molecule has 106 valence electrons. The number of aliphatic hydroxyl groups is 1. The molecular formula is C15H23NO2S. The number of carbonyl (C=O) groups excluding carboxylic acids is 1.